The van der Waals surface area contributed by atoms with Crippen molar-refractivity contribution >= 4 is 33.4 Å². The van der Waals surface area contributed by atoms with Gasteiger partial charge in [0.2, 0.25) is 11.8 Å². The predicted molar refractivity (Wildman–Crippen MR) is 90.7 cm³/mol. The van der Waals surface area contributed by atoms with Gasteiger partial charge in [-0.15, -0.1) is 0 Å². The van der Waals surface area contributed by atoms with Gasteiger partial charge in [-0.3, -0.25) is 9.59 Å². The molecule has 0 aromatic heterocycles. The molecule has 1 aromatic rings. The van der Waals surface area contributed by atoms with E-state index in [1.54, 1.807) is 0 Å². The molecule has 1 aromatic carbocycles. The first-order valence-corrected chi connectivity index (χ1v) is 8.15. The zero-order chi connectivity index (χ0) is 16.3. The van der Waals surface area contributed by atoms with Crippen molar-refractivity contribution in [2.75, 3.05) is 32.5 Å². The zero-order valence-corrected chi connectivity index (χ0v) is 14.8. The first-order valence-electron chi connectivity index (χ1n) is 7.36. The van der Waals surface area contributed by atoms with Crippen LogP contribution < -0.4 is 10.6 Å². The second kappa shape index (κ2) is 6.79. The fourth-order valence-electron chi connectivity index (χ4n) is 2.17. The lowest BCUT2D eigenvalue weighted by molar-refractivity contribution is -0.134. The molecule has 0 heterocycles. The van der Waals surface area contributed by atoms with Gasteiger partial charge in [0.25, 0.3) is 0 Å². The van der Waals surface area contributed by atoms with E-state index in [0.717, 1.165) is 16.6 Å². The molecule has 2 rings (SSSR count). The zero-order valence-electron chi connectivity index (χ0n) is 13.2. The van der Waals surface area contributed by atoms with Crippen molar-refractivity contribution in [1.29, 1.82) is 0 Å². The summed E-state index contributed by atoms with van der Waals surface area (Å²) in [6, 6.07) is 5.63. The maximum absolute atomic E-state index is 12.4. The van der Waals surface area contributed by atoms with Crippen LogP contribution in [0.15, 0.2) is 22.7 Å². The summed E-state index contributed by atoms with van der Waals surface area (Å²) in [4.78, 5) is 26.7. The van der Waals surface area contributed by atoms with Crippen LogP contribution in [-0.2, 0) is 9.59 Å². The SMILES string of the molecule is Cc1ccc(NC(=O)C2(C(=O)NCCN(C)C)CC2)cc1Br. The molecule has 0 bridgehead atoms. The van der Waals surface area contributed by atoms with E-state index in [1.807, 2.05) is 44.1 Å². The number of benzene rings is 1. The monoisotopic (exact) mass is 367 g/mol. The Morgan fingerprint density at radius 3 is 2.50 bits per heavy atom. The first kappa shape index (κ1) is 17.0. The highest BCUT2D eigenvalue weighted by Crippen LogP contribution is 2.46. The Bertz CT molecular complexity index is 583. The van der Waals surface area contributed by atoms with Crippen LogP contribution in [0.3, 0.4) is 0 Å². The number of carbonyl (C=O) groups is 2. The van der Waals surface area contributed by atoms with Crippen molar-refractivity contribution in [3.63, 3.8) is 0 Å². The second-order valence-corrected chi connectivity index (χ2v) is 6.91. The van der Waals surface area contributed by atoms with Crippen molar-refractivity contribution in [2.45, 2.75) is 19.8 Å². The third-order valence-corrected chi connectivity index (χ3v) is 4.75. The Hall–Kier alpha value is -1.40. The van der Waals surface area contributed by atoms with Gasteiger partial charge in [0.1, 0.15) is 5.41 Å². The van der Waals surface area contributed by atoms with Crippen molar-refractivity contribution in [3.05, 3.63) is 28.2 Å². The number of rotatable bonds is 6. The van der Waals surface area contributed by atoms with Crippen molar-refractivity contribution in [3.8, 4) is 0 Å². The number of aryl methyl sites for hydroxylation is 1. The molecule has 2 amide bonds. The molecule has 22 heavy (non-hydrogen) atoms. The molecular formula is C16H22BrN3O2. The summed E-state index contributed by atoms with van der Waals surface area (Å²) in [7, 11) is 3.89. The van der Waals surface area contributed by atoms with E-state index in [1.165, 1.54) is 0 Å². The number of anilines is 1. The molecule has 1 aliphatic rings. The summed E-state index contributed by atoms with van der Waals surface area (Å²) >= 11 is 3.44. The van der Waals surface area contributed by atoms with Crippen LogP contribution in [0.5, 0.6) is 0 Å². The third kappa shape index (κ3) is 3.87. The smallest absolute Gasteiger partial charge is 0.240 e. The molecule has 0 atom stereocenters. The van der Waals surface area contributed by atoms with Gasteiger partial charge in [-0.1, -0.05) is 22.0 Å². The van der Waals surface area contributed by atoms with Crippen molar-refractivity contribution in [1.82, 2.24) is 10.2 Å². The van der Waals surface area contributed by atoms with Crippen molar-refractivity contribution < 1.29 is 9.59 Å². The van der Waals surface area contributed by atoms with E-state index < -0.39 is 5.41 Å². The minimum absolute atomic E-state index is 0.168. The molecule has 0 aliphatic heterocycles. The molecule has 120 valence electrons. The number of hydrogen-bond acceptors (Lipinski definition) is 3. The highest BCUT2D eigenvalue weighted by atomic mass is 79.9. The highest BCUT2D eigenvalue weighted by molar-refractivity contribution is 9.10. The third-order valence-electron chi connectivity index (χ3n) is 3.89. The summed E-state index contributed by atoms with van der Waals surface area (Å²) in [5.74, 6) is -0.386. The minimum atomic E-state index is -0.885. The molecule has 0 radical (unpaired) electrons. The van der Waals surface area contributed by atoms with Gasteiger partial charge in [-0.05, 0) is 51.6 Å². The topological polar surface area (TPSA) is 61.4 Å². The summed E-state index contributed by atoms with van der Waals surface area (Å²) in [6.45, 7) is 3.29. The lowest BCUT2D eigenvalue weighted by Gasteiger charge is -2.17. The van der Waals surface area contributed by atoms with E-state index >= 15 is 0 Å². The molecule has 2 N–H and O–H groups in total. The second-order valence-electron chi connectivity index (χ2n) is 6.06. The number of halogens is 1. The van der Waals surface area contributed by atoms with Crippen LogP contribution in [-0.4, -0.2) is 43.9 Å². The van der Waals surface area contributed by atoms with E-state index in [0.29, 0.717) is 25.1 Å². The summed E-state index contributed by atoms with van der Waals surface area (Å²) < 4.78 is 0.936. The van der Waals surface area contributed by atoms with Gasteiger partial charge in [-0.2, -0.15) is 0 Å². The lowest BCUT2D eigenvalue weighted by Crippen LogP contribution is -2.42. The molecule has 6 heteroatoms. The number of likely N-dealkylation sites (N-methyl/N-ethyl adjacent to an activating group) is 1. The Morgan fingerprint density at radius 2 is 1.95 bits per heavy atom. The Kier molecular flexibility index (Phi) is 5.24. The van der Waals surface area contributed by atoms with Gasteiger partial charge >= 0.3 is 0 Å². The molecule has 0 saturated heterocycles. The number of carbonyl (C=O) groups excluding carboxylic acids is 2. The predicted octanol–water partition coefficient (Wildman–Crippen LogP) is 2.15. The average molecular weight is 368 g/mol. The van der Waals surface area contributed by atoms with Crippen LogP contribution in [0.25, 0.3) is 0 Å². The normalized spacial score (nSPS) is 15.5. The quantitative estimate of drug-likeness (QED) is 0.757. The molecule has 0 spiro atoms. The van der Waals surface area contributed by atoms with Crippen LogP contribution in [0, 0.1) is 12.3 Å². The maximum atomic E-state index is 12.4. The Balaban J connectivity index is 1.96. The van der Waals surface area contributed by atoms with Gasteiger partial charge in [0.15, 0.2) is 0 Å². The Labute approximate surface area is 139 Å². The minimum Gasteiger partial charge on any atom is -0.354 e. The number of nitrogens with one attached hydrogen (secondary N) is 2. The maximum Gasteiger partial charge on any atom is 0.240 e. The van der Waals surface area contributed by atoms with Crippen LogP contribution >= 0.6 is 15.9 Å². The molecule has 5 nitrogen and oxygen atoms in total. The average Bonchev–Trinajstić information content (AvgIpc) is 3.24. The summed E-state index contributed by atoms with van der Waals surface area (Å²) in [5, 5.41) is 5.71. The first-order chi connectivity index (χ1) is 10.3. The van der Waals surface area contributed by atoms with E-state index in [4.69, 9.17) is 0 Å². The lowest BCUT2D eigenvalue weighted by atomic mass is 10.0. The summed E-state index contributed by atoms with van der Waals surface area (Å²) in [6.07, 6.45) is 1.22. The molecule has 1 saturated carbocycles. The van der Waals surface area contributed by atoms with Gasteiger partial charge in [0, 0.05) is 23.2 Å². The number of nitrogens with zero attached hydrogens (tertiary/aromatic N) is 1. The largest absolute Gasteiger partial charge is 0.354 e. The molecular weight excluding hydrogens is 346 g/mol. The molecule has 1 aliphatic carbocycles. The number of hydrogen-bond donors (Lipinski definition) is 2. The van der Waals surface area contributed by atoms with Gasteiger partial charge in [-0.25, -0.2) is 0 Å². The van der Waals surface area contributed by atoms with Gasteiger partial charge < -0.3 is 15.5 Å². The highest BCUT2D eigenvalue weighted by Gasteiger charge is 2.56. The van der Waals surface area contributed by atoms with Crippen LogP contribution in [0.2, 0.25) is 0 Å². The standard InChI is InChI=1S/C16H22BrN3O2/c1-11-4-5-12(10-13(11)17)19-15(22)16(6-7-16)14(21)18-8-9-20(2)3/h4-5,10H,6-9H2,1-3H3,(H,18,21)(H,19,22). The van der Waals surface area contributed by atoms with E-state index in [9.17, 15) is 9.59 Å². The molecule has 1 fully saturated rings. The van der Waals surface area contributed by atoms with Crippen molar-refractivity contribution in [2.24, 2.45) is 5.41 Å². The fraction of sp³-hybridized carbons (Fsp3) is 0.500. The van der Waals surface area contributed by atoms with Crippen LogP contribution in [0.4, 0.5) is 5.69 Å². The van der Waals surface area contributed by atoms with E-state index in [2.05, 4.69) is 26.6 Å². The molecule has 0 unspecified atom stereocenters. The Morgan fingerprint density at radius 1 is 1.27 bits per heavy atom. The van der Waals surface area contributed by atoms with E-state index in [-0.39, 0.29) is 11.8 Å². The summed E-state index contributed by atoms with van der Waals surface area (Å²) in [5.41, 5.74) is 0.916. The fourth-order valence-corrected chi connectivity index (χ4v) is 2.54. The number of amides is 2. The van der Waals surface area contributed by atoms with Crippen LogP contribution in [0.1, 0.15) is 18.4 Å². The van der Waals surface area contributed by atoms with Gasteiger partial charge in [0.05, 0.1) is 0 Å².